The van der Waals surface area contributed by atoms with Crippen molar-refractivity contribution >= 4 is 23.4 Å². The number of hydrogen-bond acceptors (Lipinski definition) is 5. The highest BCUT2D eigenvalue weighted by Crippen LogP contribution is 2.36. The number of nitrogens with one attached hydrogen (secondary N) is 2. The van der Waals surface area contributed by atoms with E-state index in [4.69, 9.17) is 11.6 Å². The van der Waals surface area contributed by atoms with Gasteiger partial charge in [0.05, 0.1) is 18.3 Å². The lowest BCUT2D eigenvalue weighted by Crippen LogP contribution is -2.48. The molecule has 0 spiro atoms. The summed E-state index contributed by atoms with van der Waals surface area (Å²) in [6.45, 7) is 0.0994. The third-order valence-electron chi connectivity index (χ3n) is 2.96. The summed E-state index contributed by atoms with van der Waals surface area (Å²) in [4.78, 5) is 8.23. The van der Waals surface area contributed by atoms with Gasteiger partial charge in [0, 0.05) is 7.05 Å². The number of aliphatic hydroxyl groups excluding tert-OH is 1. The second kappa shape index (κ2) is 4.43. The molecule has 1 aliphatic carbocycles. The maximum absolute atomic E-state index is 9.35. The van der Waals surface area contributed by atoms with Crippen molar-refractivity contribution in [1.29, 1.82) is 0 Å². The summed E-state index contributed by atoms with van der Waals surface area (Å²) in [6, 6.07) is 0. The Morgan fingerprint density at radius 1 is 1.56 bits per heavy atom. The molecule has 1 heterocycles. The minimum atomic E-state index is -0.247. The standard InChI is InChI=1S/C10H15ClN4O/c1-12-9-13-5-7(11)8(14-9)15-10(6-16)3-2-4-10/h5,16H,2-4,6H2,1H3,(H2,12,13,14,15). The van der Waals surface area contributed by atoms with Crippen LogP contribution < -0.4 is 10.6 Å². The molecule has 88 valence electrons. The van der Waals surface area contributed by atoms with E-state index in [-0.39, 0.29) is 12.1 Å². The minimum absolute atomic E-state index is 0.0994. The van der Waals surface area contributed by atoms with Gasteiger partial charge in [0.15, 0.2) is 5.82 Å². The van der Waals surface area contributed by atoms with Crippen molar-refractivity contribution in [2.24, 2.45) is 0 Å². The maximum atomic E-state index is 9.35. The maximum Gasteiger partial charge on any atom is 0.224 e. The van der Waals surface area contributed by atoms with E-state index in [1.807, 2.05) is 0 Å². The topological polar surface area (TPSA) is 70.1 Å². The van der Waals surface area contributed by atoms with E-state index in [1.54, 1.807) is 13.2 Å². The van der Waals surface area contributed by atoms with Crippen molar-refractivity contribution in [1.82, 2.24) is 9.97 Å². The molecule has 6 heteroatoms. The van der Waals surface area contributed by atoms with Crippen LogP contribution in [0.25, 0.3) is 0 Å². The third kappa shape index (κ3) is 2.05. The molecule has 16 heavy (non-hydrogen) atoms. The largest absolute Gasteiger partial charge is 0.394 e. The van der Waals surface area contributed by atoms with Gasteiger partial charge in [-0.25, -0.2) is 4.98 Å². The highest BCUT2D eigenvalue weighted by molar-refractivity contribution is 6.32. The van der Waals surface area contributed by atoms with Crippen LogP contribution in [0.5, 0.6) is 0 Å². The number of halogens is 1. The lowest BCUT2D eigenvalue weighted by Gasteiger charge is -2.41. The Balaban J connectivity index is 2.19. The molecule has 1 aliphatic rings. The van der Waals surface area contributed by atoms with E-state index in [9.17, 15) is 5.11 Å². The molecule has 0 amide bonds. The zero-order valence-corrected chi connectivity index (χ0v) is 9.88. The molecule has 0 radical (unpaired) electrons. The lowest BCUT2D eigenvalue weighted by atomic mass is 9.77. The first kappa shape index (κ1) is 11.4. The summed E-state index contributed by atoms with van der Waals surface area (Å²) in [6.07, 6.45) is 4.55. The van der Waals surface area contributed by atoms with Gasteiger partial charge in [-0.2, -0.15) is 4.98 Å². The molecule has 0 bridgehead atoms. The third-order valence-corrected chi connectivity index (χ3v) is 3.24. The Hall–Kier alpha value is -1.07. The lowest BCUT2D eigenvalue weighted by molar-refractivity contribution is 0.144. The van der Waals surface area contributed by atoms with Crippen molar-refractivity contribution < 1.29 is 5.11 Å². The van der Waals surface area contributed by atoms with Gasteiger partial charge in [0.2, 0.25) is 5.95 Å². The van der Waals surface area contributed by atoms with Crippen LogP contribution in [0.3, 0.4) is 0 Å². The summed E-state index contributed by atoms with van der Waals surface area (Å²) in [5.74, 6) is 1.09. The number of aromatic nitrogens is 2. The highest BCUT2D eigenvalue weighted by atomic mass is 35.5. The van der Waals surface area contributed by atoms with Gasteiger partial charge in [-0.05, 0) is 19.3 Å². The first-order valence-electron chi connectivity index (χ1n) is 5.28. The van der Waals surface area contributed by atoms with Crippen LogP contribution in [0.15, 0.2) is 6.20 Å². The van der Waals surface area contributed by atoms with Crippen molar-refractivity contribution in [2.45, 2.75) is 24.8 Å². The molecule has 1 aromatic rings. The predicted octanol–water partition coefficient (Wildman–Crippen LogP) is 1.50. The number of hydrogen-bond donors (Lipinski definition) is 3. The van der Waals surface area contributed by atoms with Crippen molar-refractivity contribution in [3.8, 4) is 0 Å². The van der Waals surface area contributed by atoms with E-state index in [0.29, 0.717) is 16.8 Å². The quantitative estimate of drug-likeness (QED) is 0.747. The summed E-state index contributed by atoms with van der Waals surface area (Å²) >= 11 is 6.00. The SMILES string of the molecule is CNc1ncc(Cl)c(NC2(CO)CCC2)n1. The first-order valence-corrected chi connectivity index (χ1v) is 5.66. The van der Waals surface area contributed by atoms with E-state index >= 15 is 0 Å². The molecule has 0 aliphatic heterocycles. The van der Waals surface area contributed by atoms with Crippen LogP contribution in [-0.4, -0.2) is 34.3 Å². The fourth-order valence-electron chi connectivity index (χ4n) is 1.75. The van der Waals surface area contributed by atoms with Crippen LogP contribution in [0.2, 0.25) is 5.02 Å². The van der Waals surface area contributed by atoms with Gasteiger partial charge in [-0.15, -0.1) is 0 Å². The van der Waals surface area contributed by atoms with Crippen LogP contribution in [0.1, 0.15) is 19.3 Å². The van der Waals surface area contributed by atoms with Gasteiger partial charge < -0.3 is 15.7 Å². The summed E-state index contributed by atoms with van der Waals surface area (Å²) in [7, 11) is 1.75. The molecule has 1 saturated carbocycles. The van der Waals surface area contributed by atoms with Crippen LogP contribution in [-0.2, 0) is 0 Å². The van der Waals surface area contributed by atoms with Gasteiger partial charge in [-0.1, -0.05) is 11.6 Å². The van der Waals surface area contributed by atoms with Crippen LogP contribution in [0, 0.1) is 0 Å². The summed E-state index contributed by atoms with van der Waals surface area (Å²) in [5, 5.41) is 15.9. The van der Waals surface area contributed by atoms with Gasteiger partial charge in [-0.3, -0.25) is 0 Å². The smallest absolute Gasteiger partial charge is 0.224 e. The van der Waals surface area contributed by atoms with Crippen LogP contribution in [0.4, 0.5) is 11.8 Å². The average Bonchev–Trinajstić information content (AvgIpc) is 2.26. The monoisotopic (exact) mass is 242 g/mol. The number of aliphatic hydroxyl groups is 1. The predicted molar refractivity (Wildman–Crippen MR) is 63.9 cm³/mol. The van der Waals surface area contributed by atoms with Crippen molar-refractivity contribution in [3.63, 3.8) is 0 Å². The molecule has 1 aromatic heterocycles. The average molecular weight is 243 g/mol. The first-order chi connectivity index (χ1) is 7.69. The molecule has 1 fully saturated rings. The second-order valence-corrected chi connectivity index (χ2v) is 4.46. The summed E-state index contributed by atoms with van der Waals surface area (Å²) in [5.41, 5.74) is -0.247. The van der Waals surface area contributed by atoms with Gasteiger partial charge >= 0.3 is 0 Å². The van der Waals surface area contributed by atoms with E-state index in [1.165, 1.54) is 0 Å². The van der Waals surface area contributed by atoms with Crippen LogP contribution >= 0.6 is 11.6 Å². The number of anilines is 2. The van der Waals surface area contributed by atoms with E-state index in [0.717, 1.165) is 19.3 Å². The Labute approximate surface area is 99.3 Å². The molecule has 3 N–H and O–H groups in total. The molecule has 0 atom stereocenters. The Bertz CT molecular complexity index is 376. The second-order valence-electron chi connectivity index (χ2n) is 4.06. The highest BCUT2D eigenvalue weighted by Gasteiger charge is 2.37. The molecular formula is C10H15ClN4O. The summed E-state index contributed by atoms with van der Waals surface area (Å²) < 4.78 is 0. The molecule has 5 nitrogen and oxygen atoms in total. The Kier molecular flexibility index (Phi) is 3.16. The molecule has 0 aromatic carbocycles. The van der Waals surface area contributed by atoms with Gasteiger partial charge in [0.25, 0.3) is 0 Å². The zero-order chi connectivity index (χ0) is 11.6. The molecular weight excluding hydrogens is 228 g/mol. The molecule has 0 saturated heterocycles. The number of nitrogens with zero attached hydrogens (tertiary/aromatic N) is 2. The zero-order valence-electron chi connectivity index (χ0n) is 9.13. The molecule has 0 unspecified atom stereocenters. The fraction of sp³-hybridized carbons (Fsp3) is 0.600. The normalized spacial score (nSPS) is 17.7. The van der Waals surface area contributed by atoms with Gasteiger partial charge in [0.1, 0.15) is 5.02 Å². The van der Waals surface area contributed by atoms with E-state index < -0.39 is 0 Å². The Morgan fingerprint density at radius 2 is 2.31 bits per heavy atom. The fourth-order valence-corrected chi connectivity index (χ4v) is 1.89. The van der Waals surface area contributed by atoms with E-state index in [2.05, 4.69) is 20.6 Å². The van der Waals surface area contributed by atoms with Crippen molar-refractivity contribution in [2.75, 3.05) is 24.3 Å². The van der Waals surface area contributed by atoms with Crippen molar-refractivity contribution in [3.05, 3.63) is 11.2 Å². The number of rotatable bonds is 4. The Morgan fingerprint density at radius 3 is 2.81 bits per heavy atom. The molecule has 2 rings (SSSR count). The minimum Gasteiger partial charge on any atom is -0.394 e.